The van der Waals surface area contributed by atoms with Gasteiger partial charge in [-0.2, -0.15) is 0 Å². The van der Waals surface area contributed by atoms with Crippen molar-refractivity contribution in [3.63, 3.8) is 0 Å². The number of hydrazine groups is 1. The molecule has 5 nitrogen and oxygen atoms in total. The van der Waals surface area contributed by atoms with Crippen LogP contribution in [0.2, 0.25) is 0 Å². The summed E-state index contributed by atoms with van der Waals surface area (Å²) in [4.78, 5) is 11.0. The van der Waals surface area contributed by atoms with Crippen molar-refractivity contribution in [1.82, 2.24) is 5.43 Å². The van der Waals surface area contributed by atoms with E-state index in [1.807, 2.05) is 12.3 Å². The van der Waals surface area contributed by atoms with E-state index in [1.165, 1.54) is 6.26 Å². The topological polar surface area (TPSA) is 77.5 Å². The number of carbonyl (C=O) groups is 1. The zero-order valence-corrected chi connectivity index (χ0v) is 7.37. The Morgan fingerprint density at radius 2 is 2.54 bits per heavy atom. The maximum atomic E-state index is 11.0. The fraction of sp³-hybridized carbons (Fsp3) is 0.375. The number of nitrogen functional groups attached to an aromatic ring is 1. The first-order valence-corrected chi connectivity index (χ1v) is 3.94. The van der Waals surface area contributed by atoms with Crippen molar-refractivity contribution in [3.8, 4) is 0 Å². The van der Waals surface area contributed by atoms with Gasteiger partial charge in [0.2, 0.25) is 0 Å². The predicted octanol–water partition coefficient (Wildman–Crippen LogP) is 0.420. The minimum atomic E-state index is -0.369. The first kappa shape index (κ1) is 9.76. The summed E-state index contributed by atoms with van der Waals surface area (Å²) in [7, 11) is 0. The Hall–Kier alpha value is -1.33. The van der Waals surface area contributed by atoms with Gasteiger partial charge in [-0.25, -0.2) is 5.84 Å². The summed E-state index contributed by atoms with van der Waals surface area (Å²) in [5.41, 5.74) is 2.41. The molecule has 0 aliphatic carbocycles. The lowest BCUT2D eigenvalue weighted by molar-refractivity contribution is 0.0953. The average molecular weight is 184 g/mol. The molecule has 1 amide bonds. The Labute approximate surface area is 75.8 Å². The number of hydrogen-bond donors (Lipinski definition) is 2. The summed E-state index contributed by atoms with van der Waals surface area (Å²) in [6.45, 7) is 2.86. The summed E-state index contributed by atoms with van der Waals surface area (Å²) < 4.78 is 10.1. The van der Waals surface area contributed by atoms with Gasteiger partial charge < -0.3 is 9.15 Å². The van der Waals surface area contributed by atoms with Crippen LogP contribution < -0.4 is 11.3 Å². The maximum absolute atomic E-state index is 11.0. The maximum Gasteiger partial charge on any atom is 0.268 e. The number of nitrogens with one attached hydrogen (secondary N) is 1. The third-order valence-corrected chi connectivity index (χ3v) is 1.50. The van der Waals surface area contributed by atoms with Gasteiger partial charge >= 0.3 is 0 Å². The van der Waals surface area contributed by atoms with Crippen LogP contribution >= 0.6 is 0 Å². The number of rotatable bonds is 4. The van der Waals surface area contributed by atoms with Crippen LogP contribution in [0, 0.1) is 0 Å². The monoisotopic (exact) mass is 184 g/mol. The zero-order valence-electron chi connectivity index (χ0n) is 7.37. The van der Waals surface area contributed by atoms with Gasteiger partial charge in [-0.05, 0) is 13.0 Å². The number of carbonyl (C=O) groups excluding carboxylic acids is 1. The molecule has 0 saturated carbocycles. The van der Waals surface area contributed by atoms with Gasteiger partial charge in [-0.3, -0.25) is 10.2 Å². The standard InChI is InChI=1S/C8H12N2O3/c1-2-12-5-7-3-6(4-13-7)8(11)10-9/h3-4H,2,5,9H2,1H3,(H,10,11). The van der Waals surface area contributed by atoms with E-state index in [0.717, 1.165) is 0 Å². The number of amides is 1. The summed E-state index contributed by atoms with van der Waals surface area (Å²) in [5.74, 6) is 5.18. The van der Waals surface area contributed by atoms with Crippen LogP contribution in [-0.2, 0) is 11.3 Å². The highest BCUT2D eigenvalue weighted by Gasteiger charge is 2.07. The van der Waals surface area contributed by atoms with Crippen LogP contribution in [-0.4, -0.2) is 12.5 Å². The van der Waals surface area contributed by atoms with E-state index in [0.29, 0.717) is 24.5 Å². The molecular formula is C8H12N2O3. The fourth-order valence-electron chi connectivity index (χ4n) is 0.861. The molecule has 0 aliphatic heterocycles. The first-order valence-electron chi connectivity index (χ1n) is 3.94. The Morgan fingerprint density at radius 1 is 1.77 bits per heavy atom. The highest BCUT2D eigenvalue weighted by Crippen LogP contribution is 2.08. The number of furan rings is 1. The van der Waals surface area contributed by atoms with Crippen LogP contribution in [0.15, 0.2) is 16.7 Å². The Bertz CT molecular complexity index is 283. The third-order valence-electron chi connectivity index (χ3n) is 1.50. The van der Waals surface area contributed by atoms with Gasteiger partial charge in [-0.1, -0.05) is 0 Å². The second-order valence-electron chi connectivity index (χ2n) is 2.41. The van der Waals surface area contributed by atoms with E-state index < -0.39 is 0 Å². The van der Waals surface area contributed by atoms with Crippen molar-refractivity contribution < 1.29 is 13.9 Å². The molecule has 0 radical (unpaired) electrons. The molecule has 0 saturated heterocycles. The molecule has 0 spiro atoms. The number of ether oxygens (including phenoxy) is 1. The van der Waals surface area contributed by atoms with Crippen molar-refractivity contribution in [2.24, 2.45) is 5.84 Å². The van der Waals surface area contributed by atoms with Crippen molar-refractivity contribution in [1.29, 1.82) is 0 Å². The van der Waals surface area contributed by atoms with Crippen LogP contribution in [0.3, 0.4) is 0 Å². The largest absolute Gasteiger partial charge is 0.466 e. The normalized spacial score (nSPS) is 10.0. The highest BCUT2D eigenvalue weighted by molar-refractivity contribution is 5.93. The van der Waals surface area contributed by atoms with E-state index in [-0.39, 0.29) is 5.91 Å². The first-order chi connectivity index (χ1) is 6.27. The molecule has 0 unspecified atom stereocenters. The molecular weight excluding hydrogens is 172 g/mol. The van der Waals surface area contributed by atoms with Gasteiger partial charge in [0.25, 0.3) is 5.91 Å². The Morgan fingerprint density at radius 3 is 3.15 bits per heavy atom. The van der Waals surface area contributed by atoms with Crippen LogP contribution in [0.5, 0.6) is 0 Å². The van der Waals surface area contributed by atoms with Gasteiger partial charge in [0.05, 0.1) is 5.56 Å². The summed E-state index contributed by atoms with van der Waals surface area (Å²) in [6.07, 6.45) is 1.34. The van der Waals surface area contributed by atoms with Gasteiger partial charge in [0, 0.05) is 6.61 Å². The van der Waals surface area contributed by atoms with E-state index in [2.05, 4.69) is 0 Å². The van der Waals surface area contributed by atoms with Gasteiger partial charge in [-0.15, -0.1) is 0 Å². The highest BCUT2D eigenvalue weighted by atomic mass is 16.5. The smallest absolute Gasteiger partial charge is 0.268 e. The van der Waals surface area contributed by atoms with Crippen molar-refractivity contribution in [2.45, 2.75) is 13.5 Å². The van der Waals surface area contributed by atoms with E-state index >= 15 is 0 Å². The predicted molar refractivity (Wildman–Crippen MR) is 45.7 cm³/mol. The quantitative estimate of drug-likeness (QED) is 0.404. The molecule has 13 heavy (non-hydrogen) atoms. The molecule has 1 heterocycles. The van der Waals surface area contributed by atoms with E-state index in [9.17, 15) is 4.79 Å². The van der Waals surface area contributed by atoms with Crippen LogP contribution in [0.1, 0.15) is 23.0 Å². The van der Waals surface area contributed by atoms with Crippen molar-refractivity contribution in [3.05, 3.63) is 23.7 Å². The molecule has 5 heteroatoms. The second-order valence-corrected chi connectivity index (χ2v) is 2.41. The lowest BCUT2D eigenvalue weighted by atomic mass is 10.3. The van der Waals surface area contributed by atoms with Crippen LogP contribution in [0.25, 0.3) is 0 Å². The third kappa shape index (κ3) is 2.57. The minimum absolute atomic E-state index is 0.369. The SMILES string of the molecule is CCOCc1cc(C(=O)NN)co1. The molecule has 0 fully saturated rings. The van der Waals surface area contributed by atoms with Gasteiger partial charge in [0.1, 0.15) is 18.6 Å². The molecule has 1 rings (SSSR count). The molecule has 0 bridgehead atoms. The molecule has 3 N–H and O–H groups in total. The van der Waals surface area contributed by atoms with Crippen molar-refractivity contribution in [2.75, 3.05) is 6.61 Å². The Kier molecular flexibility index (Phi) is 3.48. The van der Waals surface area contributed by atoms with Crippen molar-refractivity contribution >= 4 is 5.91 Å². The molecule has 0 aromatic carbocycles. The molecule has 1 aromatic heterocycles. The number of hydrogen-bond acceptors (Lipinski definition) is 4. The van der Waals surface area contributed by atoms with E-state index in [1.54, 1.807) is 6.07 Å². The summed E-state index contributed by atoms with van der Waals surface area (Å²) >= 11 is 0. The summed E-state index contributed by atoms with van der Waals surface area (Å²) in [5, 5.41) is 0. The minimum Gasteiger partial charge on any atom is -0.466 e. The fourth-order valence-corrected chi connectivity index (χ4v) is 0.861. The molecule has 0 aliphatic rings. The molecule has 72 valence electrons. The van der Waals surface area contributed by atoms with E-state index in [4.69, 9.17) is 15.0 Å². The summed E-state index contributed by atoms with van der Waals surface area (Å²) in [6, 6.07) is 1.60. The lowest BCUT2D eigenvalue weighted by Gasteiger charge is -1.94. The Balaban J connectivity index is 2.58. The lowest BCUT2D eigenvalue weighted by Crippen LogP contribution is -2.29. The number of nitrogens with two attached hydrogens (primary N) is 1. The van der Waals surface area contributed by atoms with Crippen LogP contribution in [0.4, 0.5) is 0 Å². The second kappa shape index (κ2) is 4.64. The van der Waals surface area contributed by atoms with Gasteiger partial charge in [0.15, 0.2) is 0 Å². The molecule has 0 atom stereocenters. The molecule has 1 aromatic rings. The average Bonchev–Trinajstić information content (AvgIpc) is 2.62. The zero-order chi connectivity index (χ0) is 9.68.